The Kier molecular flexibility index (Phi) is 6.24. The zero-order valence-electron chi connectivity index (χ0n) is 19.1. The lowest BCUT2D eigenvalue weighted by atomic mass is 9.92. The SMILES string of the molecule is C=CCOCc1nc2c(S(=O)(=O)c3ccccc3)nc3[nH]ccc3c2n1C1CCC(OC)CC1. The van der Waals surface area contributed by atoms with Gasteiger partial charge in [-0.05, 0) is 43.9 Å². The van der Waals surface area contributed by atoms with Gasteiger partial charge in [-0.1, -0.05) is 24.3 Å². The third-order valence-electron chi connectivity index (χ3n) is 6.50. The molecule has 0 aliphatic heterocycles. The van der Waals surface area contributed by atoms with Crippen LogP contribution in [-0.4, -0.2) is 47.8 Å². The molecule has 0 radical (unpaired) electrons. The number of pyridine rings is 1. The summed E-state index contributed by atoms with van der Waals surface area (Å²) in [6.07, 6.45) is 7.40. The van der Waals surface area contributed by atoms with Gasteiger partial charge in [-0.25, -0.2) is 18.4 Å². The number of aromatic amines is 1. The van der Waals surface area contributed by atoms with Gasteiger partial charge in [0, 0.05) is 24.7 Å². The van der Waals surface area contributed by atoms with Crippen LogP contribution in [0.5, 0.6) is 0 Å². The van der Waals surface area contributed by atoms with Gasteiger partial charge < -0.3 is 19.0 Å². The molecule has 0 bridgehead atoms. The van der Waals surface area contributed by atoms with Crippen molar-refractivity contribution in [2.45, 2.75) is 54.4 Å². The van der Waals surface area contributed by atoms with Gasteiger partial charge in [0.1, 0.15) is 23.6 Å². The molecular weight excluding hydrogens is 452 g/mol. The van der Waals surface area contributed by atoms with Crippen LogP contribution >= 0.6 is 0 Å². The average molecular weight is 481 g/mol. The molecule has 3 heterocycles. The summed E-state index contributed by atoms with van der Waals surface area (Å²) < 4.78 is 40.8. The first kappa shape index (κ1) is 22.8. The van der Waals surface area contributed by atoms with Gasteiger partial charge in [0.15, 0.2) is 5.03 Å². The number of sulfone groups is 1. The number of aromatic nitrogens is 4. The van der Waals surface area contributed by atoms with Crippen LogP contribution in [0.15, 0.2) is 65.2 Å². The molecule has 1 aliphatic carbocycles. The van der Waals surface area contributed by atoms with Crippen LogP contribution in [0, 0.1) is 0 Å². The fourth-order valence-electron chi connectivity index (χ4n) is 4.85. The number of nitrogens with zero attached hydrogens (tertiary/aromatic N) is 3. The molecule has 0 saturated heterocycles. The van der Waals surface area contributed by atoms with Crippen molar-refractivity contribution >= 4 is 31.9 Å². The molecule has 178 valence electrons. The van der Waals surface area contributed by atoms with Gasteiger partial charge >= 0.3 is 0 Å². The first-order valence-electron chi connectivity index (χ1n) is 11.4. The maximum Gasteiger partial charge on any atom is 0.226 e. The maximum atomic E-state index is 13.7. The molecule has 0 amide bonds. The van der Waals surface area contributed by atoms with E-state index in [0.717, 1.165) is 36.6 Å². The van der Waals surface area contributed by atoms with Gasteiger partial charge in [0.25, 0.3) is 0 Å². The highest BCUT2D eigenvalue weighted by Crippen LogP contribution is 2.38. The van der Waals surface area contributed by atoms with Crippen molar-refractivity contribution in [2.75, 3.05) is 13.7 Å². The summed E-state index contributed by atoms with van der Waals surface area (Å²) in [6, 6.07) is 10.5. The van der Waals surface area contributed by atoms with Crippen molar-refractivity contribution in [1.29, 1.82) is 0 Å². The Labute approximate surface area is 198 Å². The maximum absolute atomic E-state index is 13.7. The zero-order chi connectivity index (χ0) is 23.7. The van der Waals surface area contributed by atoms with E-state index in [9.17, 15) is 8.42 Å². The fraction of sp³-hybridized carbons (Fsp3) is 0.360. The van der Waals surface area contributed by atoms with E-state index in [2.05, 4.69) is 21.1 Å². The summed E-state index contributed by atoms with van der Waals surface area (Å²) in [6.45, 7) is 4.35. The number of H-pyrrole nitrogens is 1. The van der Waals surface area contributed by atoms with E-state index in [4.69, 9.17) is 14.5 Å². The van der Waals surface area contributed by atoms with E-state index < -0.39 is 9.84 Å². The number of hydrogen-bond donors (Lipinski definition) is 1. The minimum absolute atomic E-state index is 0.0436. The Morgan fingerprint density at radius 1 is 1.15 bits per heavy atom. The molecule has 8 nitrogen and oxygen atoms in total. The smallest absolute Gasteiger partial charge is 0.226 e. The lowest BCUT2D eigenvalue weighted by Gasteiger charge is -2.30. The molecule has 1 saturated carbocycles. The number of hydrogen-bond acceptors (Lipinski definition) is 6. The molecule has 1 fully saturated rings. The summed E-state index contributed by atoms with van der Waals surface area (Å²) in [5, 5.41) is 0.802. The highest BCUT2D eigenvalue weighted by molar-refractivity contribution is 7.91. The second-order valence-corrected chi connectivity index (χ2v) is 10.4. The van der Waals surface area contributed by atoms with Crippen LogP contribution in [0.1, 0.15) is 37.5 Å². The second kappa shape index (κ2) is 9.32. The van der Waals surface area contributed by atoms with E-state index in [1.54, 1.807) is 49.7 Å². The van der Waals surface area contributed by atoms with Crippen LogP contribution in [-0.2, 0) is 25.9 Å². The number of imidazole rings is 1. The summed E-state index contributed by atoms with van der Waals surface area (Å²) in [4.78, 5) is 12.7. The Morgan fingerprint density at radius 2 is 1.91 bits per heavy atom. The lowest BCUT2D eigenvalue weighted by Crippen LogP contribution is -2.24. The largest absolute Gasteiger partial charge is 0.381 e. The number of fused-ring (bicyclic) bond motifs is 3. The molecule has 3 aromatic heterocycles. The quantitative estimate of drug-likeness (QED) is 0.293. The van der Waals surface area contributed by atoms with E-state index >= 15 is 0 Å². The highest BCUT2D eigenvalue weighted by atomic mass is 32.2. The minimum atomic E-state index is -3.89. The van der Waals surface area contributed by atoms with Gasteiger partial charge in [0.05, 0.1) is 23.1 Å². The van der Waals surface area contributed by atoms with Crippen LogP contribution in [0.25, 0.3) is 22.1 Å². The first-order valence-corrected chi connectivity index (χ1v) is 12.9. The molecule has 1 aliphatic rings. The molecule has 0 unspecified atom stereocenters. The van der Waals surface area contributed by atoms with E-state index in [0.29, 0.717) is 23.6 Å². The lowest BCUT2D eigenvalue weighted by molar-refractivity contribution is 0.0573. The highest BCUT2D eigenvalue weighted by Gasteiger charge is 2.31. The summed E-state index contributed by atoms with van der Waals surface area (Å²) in [5.41, 5.74) is 1.67. The average Bonchev–Trinajstić information content (AvgIpc) is 3.48. The van der Waals surface area contributed by atoms with Crippen molar-refractivity contribution in [3.05, 3.63) is 61.1 Å². The molecule has 1 N–H and O–H groups in total. The third kappa shape index (κ3) is 3.93. The minimum Gasteiger partial charge on any atom is -0.381 e. The molecule has 0 spiro atoms. The number of rotatable bonds is 8. The Balaban J connectivity index is 1.74. The van der Waals surface area contributed by atoms with Crippen LogP contribution in [0.4, 0.5) is 0 Å². The standard InChI is InChI=1S/C25H28N4O4S/c1-3-15-33-16-21-27-22-23(29(21)17-9-11-18(32-2)12-10-17)20-13-14-26-24(20)28-25(22)34(30,31)19-7-5-4-6-8-19/h3-8,13-14,17-18H,1,9-12,15-16H2,2H3,(H,26,28). The van der Waals surface area contributed by atoms with Crippen LogP contribution < -0.4 is 0 Å². The fourth-order valence-corrected chi connectivity index (χ4v) is 6.20. The Bertz CT molecular complexity index is 1420. The monoisotopic (exact) mass is 480 g/mol. The van der Waals surface area contributed by atoms with Crippen LogP contribution in [0.3, 0.4) is 0 Å². The molecule has 1 aromatic carbocycles. The normalized spacial score (nSPS) is 19.1. The van der Waals surface area contributed by atoms with Crippen molar-refractivity contribution in [1.82, 2.24) is 19.5 Å². The van der Waals surface area contributed by atoms with Crippen molar-refractivity contribution in [3.8, 4) is 0 Å². The van der Waals surface area contributed by atoms with Crippen molar-refractivity contribution < 1.29 is 17.9 Å². The molecule has 0 atom stereocenters. The van der Waals surface area contributed by atoms with E-state index in [-0.39, 0.29) is 28.7 Å². The predicted octanol–water partition coefficient (Wildman–Crippen LogP) is 4.58. The van der Waals surface area contributed by atoms with E-state index in [1.807, 2.05) is 6.07 Å². The molecule has 34 heavy (non-hydrogen) atoms. The number of methoxy groups -OCH3 is 1. The van der Waals surface area contributed by atoms with Crippen LogP contribution in [0.2, 0.25) is 0 Å². The summed E-state index contributed by atoms with van der Waals surface area (Å²) in [5.74, 6) is 0.692. The number of nitrogens with one attached hydrogen (secondary N) is 1. The second-order valence-electron chi connectivity index (χ2n) is 8.54. The Hall–Kier alpha value is -3.01. The number of benzene rings is 1. The van der Waals surface area contributed by atoms with Crippen molar-refractivity contribution in [2.24, 2.45) is 0 Å². The van der Waals surface area contributed by atoms with E-state index in [1.165, 1.54) is 0 Å². The molecule has 9 heteroatoms. The topological polar surface area (TPSA) is 99.1 Å². The van der Waals surface area contributed by atoms with Gasteiger partial charge in [-0.15, -0.1) is 6.58 Å². The van der Waals surface area contributed by atoms with Gasteiger partial charge in [-0.2, -0.15) is 0 Å². The molecule has 5 rings (SSSR count). The number of ether oxygens (including phenoxy) is 2. The van der Waals surface area contributed by atoms with Crippen molar-refractivity contribution in [3.63, 3.8) is 0 Å². The van der Waals surface area contributed by atoms with Gasteiger partial charge in [-0.3, -0.25) is 0 Å². The summed E-state index contributed by atoms with van der Waals surface area (Å²) >= 11 is 0. The predicted molar refractivity (Wildman–Crippen MR) is 129 cm³/mol. The Morgan fingerprint density at radius 3 is 2.62 bits per heavy atom. The molecule has 4 aromatic rings. The van der Waals surface area contributed by atoms with Gasteiger partial charge in [0.2, 0.25) is 9.84 Å². The zero-order valence-corrected chi connectivity index (χ0v) is 19.9. The third-order valence-corrected chi connectivity index (χ3v) is 8.18. The first-order chi connectivity index (χ1) is 16.5. The summed E-state index contributed by atoms with van der Waals surface area (Å²) in [7, 11) is -2.14. The molecular formula is C25H28N4O4S.